The number of aryl methyl sites for hydroxylation is 1. The molecule has 0 saturated carbocycles. The average Bonchev–Trinajstić information content (AvgIpc) is 3.09. The zero-order valence-corrected chi connectivity index (χ0v) is 12.3. The number of fused-ring (bicyclic) bond motifs is 2. The third-order valence-electron chi connectivity index (χ3n) is 4.77. The minimum atomic E-state index is 0.0278. The first-order valence-electron chi connectivity index (χ1n) is 7.73. The zero-order valence-electron chi connectivity index (χ0n) is 12.3. The maximum Gasteiger partial charge on any atom is 0.289 e. The van der Waals surface area contributed by atoms with Crippen LogP contribution in [-0.4, -0.2) is 36.5 Å². The van der Waals surface area contributed by atoms with Crippen molar-refractivity contribution in [1.29, 1.82) is 0 Å². The molecule has 0 aliphatic carbocycles. The summed E-state index contributed by atoms with van der Waals surface area (Å²) in [6.45, 7) is 4.78. The molecule has 1 amide bonds. The van der Waals surface area contributed by atoms with Gasteiger partial charge in [-0.1, -0.05) is 11.6 Å². The fraction of sp³-hybridized carbons (Fsp3) is 0.471. The lowest BCUT2D eigenvalue weighted by atomic mass is 9.94. The van der Waals surface area contributed by atoms with Crippen LogP contribution < -0.4 is 5.32 Å². The van der Waals surface area contributed by atoms with Gasteiger partial charge in [-0.25, -0.2) is 0 Å². The fourth-order valence-corrected chi connectivity index (χ4v) is 3.64. The van der Waals surface area contributed by atoms with Crippen LogP contribution in [0.4, 0.5) is 0 Å². The van der Waals surface area contributed by atoms with Crippen LogP contribution in [0.2, 0.25) is 0 Å². The summed E-state index contributed by atoms with van der Waals surface area (Å²) < 4.78 is 5.74. The monoisotopic (exact) mass is 284 g/mol. The Morgan fingerprint density at radius 2 is 2.24 bits per heavy atom. The maximum absolute atomic E-state index is 12.6. The quantitative estimate of drug-likeness (QED) is 0.875. The van der Waals surface area contributed by atoms with E-state index in [1.165, 1.54) is 18.4 Å². The van der Waals surface area contributed by atoms with E-state index in [4.69, 9.17) is 4.42 Å². The molecule has 4 heteroatoms. The Morgan fingerprint density at radius 3 is 3.10 bits per heavy atom. The number of amides is 1. The smallest absolute Gasteiger partial charge is 0.289 e. The van der Waals surface area contributed by atoms with Gasteiger partial charge in [-0.15, -0.1) is 0 Å². The van der Waals surface area contributed by atoms with E-state index in [2.05, 4.69) is 11.4 Å². The van der Waals surface area contributed by atoms with Gasteiger partial charge in [0.25, 0.3) is 5.91 Å². The SMILES string of the molecule is Cc1ccc2oc(C(=O)N3CC4CCCNC4C3)cc2c1. The molecule has 21 heavy (non-hydrogen) atoms. The van der Waals surface area contributed by atoms with E-state index in [-0.39, 0.29) is 5.91 Å². The van der Waals surface area contributed by atoms with E-state index in [0.29, 0.717) is 17.7 Å². The fourth-order valence-electron chi connectivity index (χ4n) is 3.64. The number of likely N-dealkylation sites (tertiary alicyclic amines) is 1. The molecule has 1 aromatic heterocycles. The van der Waals surface area contributed by atoms with Gasteiger partial charge in [-0.2, -0.15) is 0 Å². The summed E-state index contributed by atoms with van der Waals surface area (Å²) in [5, 5.41) is 4.53. The van der Waals surface area contributed by atoms with Crippen LogP contribution in [0.5, 0.6) is 0 Å². The van der Waals surface area contributed by atoms with Gasteiger partial charge >= 0.3 is 0 Å². The molecule has 2 fully saturated rings. The van der Waals surface area contributed by atoms with E-state index in [1.807, 2.05) is 30.0 Å². The Balaban J connectivity index is 1.58. The van der Waals surface area contributed by atoms with Crippen LogP contribution in [-0.2, 0) is 0 Å². The molecule has 3 heterocycles. The predicted octanol–water partition coefficient (Wildman–Crippen LogP) is 2.57. The van der Waals surface area contributed by atoms with E-state index in [1.54, 1.807) is 0 Å². The second-order valence-corrected chi connectivity index (χ2v) is 6.32. The second kappa shape index (κ2) is 4.88. The highest BCUT2D eigenvalue weighted by atomic mass is 16.3. The number of benzene rings is 1. The van der Waals surface area contributed by atoms with Crippen molar-refractivity contribution in [3.8, 4) is 0 Å². The highest BCUT2D eigenvalue weighted by Gasteiger charge is 2.37. The molecule has 0 bridgehead atoms. The van der Waals surface area contributed by atoms with Crippen LogP contribution >= 0.6 is 0 Å². The van der Waals surface area contributed by atoms with Crippen molar-refractivity contribution in [2.45, 2.75) is 25.8 Å². The van der Waals surface area contributed by atoms with Crippen molar-refractivity contribution in [2.24, 2.45) is 5.92 Å². The molecule has 4 rings (SSSR count). The van der Waals surface area contributed by atoms with Gasteiger partial charge in [-0.3, -0.25) is 4.79 Å². The summed E-state index contributed by atoms with van der Waals surface area (Å²) in [7, 11) is 0. The van der Waals surface area contributed by atoms with Crippen LogP contribution in [0.25, 0.3) is 11.0 Å². The van der Waals surface area contributed by atoms with Gasteiger partial charge in [0.05, 0.1) is 0 Å². The Morgan fingerprint density at radius 1 is 1.33 bits per heavy atom. The number of hydrogen-bond donors (Lipinski definition) is 1. The Labute approximate surface area is 124 Å². The molecule has 2 unspecified atom stereocenters. The van der Waals surface area contributed by atoms with Gasteiger partial charge < -0.3 is 14.6 Å². The largest absolute Gasteiger partial charge is 0.451 e. The van der Waals surface area contributed by atoms with Gasteiger partial charge in [-0.05, 0) is 50.4 Å². The van der Waals surface area contributed by atoms with E-state index >= 15 is 0 Å². The third kappa shape index (κ3) is 2.23. The number of furan rings is 1. The first-order valence-corrected chi connectivity index (χ1v) is 7.73. The minimum absolute atomic E-state index is 0.0278. The summed E-state index contributed by atoms with van der Waals surface area (Å²) in [5.41, 5.74) is 1.97. The lowest BCUT2D eigenvalue weighted by Crippen LogP contribution is -2.41. The summed E-state index contributed by atoms with van der Waals surface area (Å²) in [4.78, 5) is 14.6. The lowest BCUT2D eigenvalue weighted by Gasteiger charge is -2.24. The summed E-state index contributed by atoms with van der Waals surface area (Å²) in [6.07, 6.45) is 2.44. The molecule has 0 radical (unpaired) electrons. The normalized spacial score (nSPS) is 25.3. The van der Waals surface area contributed by atoms with E-state index in [0.717, 1.165) is 30.6 Å². The van der Waals surface area contributed by atoms with Crippen LogP contribution in [0.3, 0.4) is 0 Å². The molecule has 2 saturated heterocycles. The highest BCUT2D eigenvalue weighted by Crippen LogP contribution is 2.28. The van der Waals surface area contributed by atoms with E-state index < -0.39 is 0 Å². The molecule has 1 aromatic carbocycles. The van der Waals surface area contributed by atoms with Gasteiger partial charge in [0, 0.05) is 24.5 Å². The number of carbonyl (C=O) groups is 1. The number of piperidine rings is 1. The first-order chi connectivity index (χ1) is 10.2. The molecule has 2 aliphatic heterocycles. The van der Waals surface area contributed by atoms with Gasteiger partial charge in [0.15, 0.2) is 5.76 Å². The van der Waals surface area contributed by atoms with Gasteiger partial charge in [0.2, 0.25) is 0 Å². The van der Waals surface area contributed by atoms with Crippen molar-refractivity contribution in [3.63, 3.8) is 0 Å². The molecule has 2 aliphatic rings. The van der Waals surface area contributed by atoms with Gasteiger partial charge in [0.1, 0.15) is 5.58 Å². The van der Waals surface area contributed by atoms with E-state index in [9.17, 15) is 4.79 Å². The molecule has 2 atom stereocenters. The lowest BCUT2D eigenvalue weighted by molar-refractivity contribution is 0.0756. The molecule has 110 valence electrons. The molecule has 4 nitrogen and oxygen atoms in total. The molecular formula is C17H20N2O2. The number of hydrogen-bond acceptors (Lipinski definition) is 3. The second-order valence-electron chi connectivity index (χ2n) is 6.32. The van der Waals surface area contributed by atoms with Crippen molar-refractivity contribution >= 4 is 16.9 Å². The Kier molecular flexibility index (Phi) is 3.00. The third-order valence-corrected chi connectivity index (χ3v) is 4.77. The molecule has 1 N–H and O–H groups in total. The summed E-state index contributed by atoms with van der Waals surface area (Å²) in [5.74, 6) is 1.10. The topological polar surface area (TPSA) is 45.5 Å². The molecular weight excluding hydrogens is 264 g/mol. The van der Waals surface area contributed by atoms with Crippen molar-refractivity contribution in [3.05, 3.63) is 35.6 Å². The van der Waals surface area contributed by atoms with Crippen LogP contribution in [0, 0.1) is 12.8 Å². The summed E-state index contributed by atoms with van der Waals surface area (Å²) in [6, 6.07) is 8.34. The predicted molar refractivity (Wildman–Crippen MR) is 81.4 cm³/mol. The number of carbonyl (C=O) groups excluding carboxylic acids is 1. The molecule has 0 spiro atoms. The minimum Gasteiger partial charge on any atom is -0.451 e. The Bertz CT molecular complexity index is 677. The van der Waals surface area contributed by atoms with Crippen molar-refractivity contribution in [2.75, 3.05) is 19.6 Å². The number of nitrogens with zero attached hydrogens (tertiary/aromatic N) is 1. The van der Waals surface area contributed by atoms with Crippen LogP contribution in [0.1, 0.15) is 29.0 Å². The standard InChI is InChI=1S/C17H20N2O2/c1-11-4-5-15-13(7-11)8-16(21-15)17(20)19-9-12-3-2-6-18-14(12)10-19/h4-5,7-8,12,14,18H,2-3,6,9-10H2,1H3. The van der Waals surface area contributed by atoms with Crippen molar-refractivity contribution < 1.29 is 9.21 Å². The van der Waals surface area contributed by atoms with Crippen LogP contribution in [0.15, 0.2) is 28.7 Å². The number of nitrogens with one attached hydrogen (secondary N) is 1. The average molecular weight is 284 g/mol. The highest BCUT2D eigenvalue weighted by molar-refractivity contribution is 5.96. The maximum atomic E-state index is 12.6. The summed E-state index contributed by atoms with van der Waals surface area (Å²) >= 11 is 0. The Hall–Kier alpha value is -1.81. The number of rotatable bonds is 1. The molecule has 2 aromatic rings. The zero-order chi connectivity index (χ0) is 14.4. The first kappa shape index (κ1) is 12.9. The van der Waals surface area contributed by atoms with Crippen molar-refractivity contribution in [1.82, 2.24) is 10.2 Å².